The van der Waals surface area contributed by atoms with Crippen molar-refractivity contribution in [1.29, 1.82) is 0 Å². The Bertz CT molecular complexity index is 884. The number of rotatable bonds is 3. The number of hydrogen-bond donors (Lipinski definition) is 2. The molecule has 2 N–H and O–H groups in total. The lowest BCUT2D eigenvalue weighted by Crippen LogP contribution is -2.57. The van der Waals surface area contributed by atoms with Gasteiger partial charge in [-0.3, -0.25) is 14.9 Å². The standard InChI is InChI=1S/C19H24N2O5.C4H7NO2/c1-19(2,3)26-18(24)21-10-14(11-21)25-13-6-4-12(5-7-13)15-8-9-16(22)20-17(15)23;6-4(7)5-2-1-3-5/h4-7,14-15H,8-11H2,1-3H3,(H,20,22,23);1-3H2,(H,6,7). The number of hydrogen-bond acceptors (Lipinski definition) is 6. The predicted octanol–water partition coefficient (Wildman–Crippen LogP) is 2.58. The average molecular weight is 462 g/mol. The van der Waals surface area contributed by atoms with Crippen molar-refractivity contribution < 1.29 is 33.8 Å². The van der Waals surface area contributed by atoms with Crippen LogP contribution in [0.3, 0.4) is 0 Å². The lowest BCUT2D eigenvalue weighted by Gasteiger charge is -2.39. The second-order valence-electron chi connectivity index (χ2n) is 9.32. The highest BCUT2D eigenvalue weighted by atomic mass is 16.6. The van der Waals surface area contributed by atoms with Gasteiger partial charge in [-0.15, -0.1) is 0 Å². The van der Waals surface area contributed by atoms with E-state index in [2.05, 4.69) is 5.32 Å². The fourth-order valence-electron chi connectivity index (χ4n) is 3.48. The number of nitrogens with zero attached hydrogens (tertiary/aromatic N) is 2. The number of nitrogens with one attached hydrogen (secondary N) is 1. The Morgan fingerprint density at radius 3 is 2.15 bits per heavy atom. The molecule has 3 aliphatic heterocycles. The first-order valence-corrected chi connectivity index (χ1v) is 11.1. The van der Waals surface area contributed by atoms with Crippen molar-refractivity contribution in [2.75, 3.05) is 26.2 Å². The predicted molar refractivity (Wildman–Crippen MR) is 118 cm³/mol. The number of carbonyl (C=O) groups excluding carboxylic acids is 3. The maximum absolute atomic E-state index is 11.9. The Morgan fingerprint density at radius 2 is 1.70 bits per heavy atom. The van der Waals surface area contributed by atoms with E-state index >= 15 is 0 Å². The molecule has 0 spiro atoms. The van der Waals surface area contributed by atoms with Gasteiger partial charge in [-0.25, -0.2) is 9.59 Å². The first kappa shape index (κ1) is 24.3. The van der Waals surface area contributed by atoms with Crippen molar-refractivity contribution in [3.8, 4) is 5.75 Å². The summed E-state index contributed by atoms with van der Waals surface area (Å²) >= 11 is 0. The molecule has 4 amide bonds. The molecule has 3 saturated heterocycles. The number of benzene rings is 1. The van der Waals surface area contributed by atoms with Crippen molar-refractivity contribution in [2.45, 2.75) is 57.7 Å². The second kappa shape index (κ2) is 10.1. The Labute approximate surface area is 192 Å². The van der Waals surface area contributed by atoms with Crippen LogP contribution in [0.2, 0.25) is 0 Å². The summed E-state index contributed by atoms with van der Waals surface area (Å²) in [7, 11) is 0. The van der Waals surface area contributed by atoms with Crippen LogP contribution in [0.1, 0.15) is 51.5 Å². The van der Waals surface area contributed by atoms with Crippen molar-refractivity contribution in [3.63, 3.8) is 0 Å². The summed E-state index contributed by atoms with van der Waals surface area (Å²) in [5.41, 5.74) is 0.362. The molecule has 3 aliphatic rings. The van der Waals surface area contributed by atoms with E-state index in [1.165, 1.54) is 4.90 Å². The van der Waals surface area contributed by atoms with Crippen LogP contribution in [0.4, 0.5) is 9.59 Å². The molecule has 0 saturated carbocycles. The normalized spacial score (nSPS) is 20.5. The fourth-order valence-corrected chi connectivity index (χ4v) is 3.48. The molecule has 10 nitrogen and oxygen atoms in total. The van der Waals surface area contributed by atoms with E-state index in [4.69, 9.17) is 14.6 Å². The Morgan fingerprint density at radius 1 is 1.06 bits per heavy atom. The number of amides is 4. The summed E-state index contributed by atoms with van der Waals surface area (Å²) in [5, 5.41) is 10.5. The van der Waals surface area contributed by atoms with Crippen LogP contribution in [0.25, 0.3) is 0 Å². The third kappa shape index (κ3) is 6.84. The molecular formula is C23H31N3O7. The third-order valence-corrected chi connectivity index (χ3v) is 5.45. The second-order valence-corrected chi connectivity index (χ2v) is 9.32. The van der Waals surface area contributed by atoms with Gasteiger partial charge in [0.25, 0.3) is 0 Å². The lowest BCUT2D eigenvalue weighted by atomic mass is 9.90. The van der Waals surface area contributed by atoms with Crippen LogP contribution >= 0.6 is 0 Å². The van der Waals surface area contributed by atoms with Crippen LogP contribution in [0.5, 0.6) is 5.75 Å². The van der Waals surface area contributed by atoms with E-state index in [0.29, 0.717) is 31.7 Å². The van der Waals surface area contributed by atoms with Gasteiger partial charge in [0.05, 0.1) is 19.0 Å². The topological polar surface area (TPSA) is 125 Å². The zero-order chi connectivity index (χ0) is 24.2. The monoisotopic (exact) mass is 461 g/mol. The first-order valence-electron chi connectivity index (χ1n) is 11.1. The molecule has 4 rings (SSSR count). The van der Waals surface area contributed by atoms with Crippen LogP contribution in [-0.2, 0) is 14.3 Å². The highest BCUT2D eigenvalue weighted by Crippen LogP contribution is 2.27. The number of piperidine rings is 1. The van der Waals surface area contributed by atoms with Crippen LogP contribution in [-0.4, -0.2) is 76.8 Å². The molecule has 1 atom stereocenters. The molecule has 0 bridgehead atoms. The smallest absolute Gasteiger partial charge is 0.410 e. The highest BCUT2D eigenvalue weighted by molar-refractivity contribution is 6.00. The summed E-state index contributed by atoms with van der Waals surface area (Å²) in [6, 6.07) is 7.32. The zero-order valence-electron chi connectivity index (χ0n) is 19.2. The highest BCUT2D eigenvalue weighted by Gasteiger charge is 2.35. The summed E-state index contributed by atoms with van der Waals surface area (Å²) in [6.07, 6.45) is 0.739. The molecule has 0 radical (unpaired) electrons. The fraction of sp³-hybridized carbons (Fsp3) is 0.565. The van der Waals surface area contributed by atoms with E-state index in [1.807, 2.05) is 45.0 Å². The molecule has 0 aromatic heterocycles. The molecule has 33 heavy (non-hydrogen) atoms. The van der Waals surface area contributed by atoms with Gasteiger partial charge in [-0.05, 0) is 51.3 Å². The lowest BCUT2D eigenvalue weighted by molar-refractivity contribution is -0.134. The van der Waals surface area contributed by atoms with E-state index in [1.54, 1.807) is 4.90 Å². The molecule has 10 heteroatoms. The van der Waals surface area contributed by atoms with Gasteiger partial charge in [0.1, 0.15) is 17.5 Å². The average Bonchev–Trinajstić information content (AvgIpc) is 2.62. The SMILES string of the molecule is CC(C)(C)OC(=O)N1CC(Oc2ccc(C3CCC(=O)NC3=O)cc2)C1.O=C(O)N1CCC1. The number of carbonyl (C=O) groups is 4. The minimum absolute atomic E-state index is 0.0658. The molecule has 180 valence electrons. The van der Waals surface area contributed by atoms with Crippen molar-refractivity contribution >= 4 is 24.0 Å². The summed E-state index contributed by atoms with van der Waals surface area (Å²) in [5.74, 6) is -0.0735. The van der Waals surface area contributed by atoms with Gasteiger partial charge in [-0.2, -0.15) is 0 Å². The molecule has 1 aromatic carbocycles. The van der Waals surface area contributed by atoms with Gasteiger partial charge in [0, 0.05) is 19.5 Å². The molecule has 1 aromatic rings. The first-order chi connectivity index (χ1) is 15.5. The minimum atomic E-state index is -0.786. The van der Waals surface area contributed by atoms with E-state index in [0.717, 1.165) is 25.1 Å². The number of likely N-dealkylation sites (tertiary alicyclic amines) is 2. The molecule has 0 aliphatic carbocycles. The van der Waals surface area contributed by atoms with E-state index < -0.39 is 11.7 Å². The Hall–Kier alpha value is -3.30. The maximum Gasteiger partial charge on any atom is 0.410 e. The van der Waals surface area contributed by atoms with Gasteiger partial charge in [-0.1, -0.05) is 12.1 Å². The van der Waals surface area contributed by atoms with Crippen molar-refractivity contribution in [3.05, 3.63) is 29.8 Å². The minimum Gasteiger partial charge on any atom is -0.487 e. The van der Waals surface area contributed by atoms with E-state index in [9.17, 15) is 19.2 Å². The Kier molecular flexibility index (Phi) is 7.45. The van der Waals surface area contributed by atoms with Gasteiger partial charge in [0.2, 0.25) is 11.8 Å². The summed E-state index contributed by atoms with van der Waals surface area (Å²) < 4.78 is 11.2. The van der Waals surface area contributed by atoms with Gasteiger partial charge in [0.15, 0.2) is 0 Å². The Balaban J connectivity index is 0.000000374. The summed E-state index contributed by atoms with van der Waals surface area (Å²) in [6.45, 7) is 7.95. The maximum atomic E-state index is 11.9. The third-order valence-electron chi connectivity index (χ3n) is 5.45. The number of imide groups is 1. The number of carboxylic acid groups (broad SMARTS) is 1. The molecule has 3 fully saturated rings. The summed E-state index contributed by atoms with van der Waals surface area (Å²) in [4.78, 5) is 47.9. The zero-order valence-corrected chi connectivity index (χ0v) is 19.2. The molecule has 1 unspecified atom stereocenters. The van der Waals surface area contributed by atoms with Gasteiger partial charge < -0.3 is 24.4 Å². The molecular weight excluding hydrogens is 430 g/mol. The molecule has 3 heterocycles. The van der Waals surface area contributed by atoms with Gasteiger partial charge >= 0.3 is 12.2 Å². The van der Waals surface area contributed by atoms with Crippen molar-refractivity contribution in [1.82, 2.24) is 15.1 Å². The van der Waals surface area contributed by atoms with Crippen LogP contribution < -0.4 is 10.1 Å². The van der Waals surface area contributed by atoms with E-state index in [-0.39, 0.29) is 29.9 Å². The number of ether oxygens (including phenoxy) is 2. The van der Waals surface area contributed by atoms with Crippen LogP contribution in [0, 0.1) is 0 Å². The quantitative estimate of drug-likeness (QED) is 0.663. The van der Waals surface area contributed by atoms with Crippen LogP contribution in [0.15, 0.2) is 24.3 Å². The van der Waals surface area contributed by atoms with Crippen molar-refractivity contribution in [2.24, 2.45) is 0 Å². The largest absolute Gasteiger partial charge is 0.487 e.